The summed E-state index contributed by atoms with van der Waals surface area (Å²) in [6, 6.07) is 5.52. The van der Waals surface area contributed by atoms with E-state index in [2.05, 4.69) is 25.7 Å². The van der Waals surface area contributed by atoms with Gasteiger partial charge in [-0.25, -0.2) is 4.39 Å². The number of rotatable bonds is 5. The predicted molar refractivity (Wildman–Crippen MR) is 88.1 cm³/mol. The van der Waals surface area contributed by atoms with Crippen molar-refractivity contribution in [1.29, 1.82) is 0 Å². The second-order valence-corrected chi connectivity index (χ2v) is 6.69. The minimum Gasteiger partial charge on any atom is -0.369 e. The standard InChI is InChI=1S/C18H29FN2/c1-4-16(20)12-15-6-5-7-17(19)18(15)21-10-8-14(9-11-21)13(2)3/h5-7,13-14,16H,4,8-12,20H2,1-3H3. The van der Waals surface area contributed by atoms with Crippen LogP contribution in [-0.2, 0) is 6.42 Å². The molecule has 0 radical (unpaired) electrons. The molecule has 0 amide bonds. The summed E-state index contributed by atoms with van der Waals surface area (Å²) in [6.45, 7) is 8.57. The van der Waals surface area contributed by atoms with E-state index in [4.69, 9.17) is 5.73 Å². The van der Waals surface area contributed by atoms with Gasteiger partial charge in [0, 0.05) is 19.1 Å². The first-order valence-corrected chi connectivity index (χ1v) is 8.30. The van der Waals surface area contributed by atoms with Gasteiger partial charge in [-0.1, -0.05) is 32.9 Å². The van der Waals surface area contributed by atoms with Gasteiger partial charge in [-0.3, -0.25) is 0 Å². The van der Waals surface area contributed by atoms with Gasteiger partial charge in [0.15, 0.2) is 0 Å². The lowest BCUT2D eigenvalue weighted by Crippen LogP contribution is -2.36. The Labute approximate surface area is 128 Å². The van der Waals surface area contributed by atoms with Crippen molar-refractivity contribution in [3.05, 3.63) is 29.6 Å². The van der Waals surface area contributed by atoms with Gasteiger partial charge in [0.05, 0.1) is 5.69 Å². The zero-order valence-electron chi connectivity index (χ0n) is 13.6. The fourth-order valence-electron chi connectivity index (χ4n) is 3.30. The van der Waals surface area contributed by atoms with E-state index in [1.54, 1.807) is 12.1 Å². The van der Waals surface area contributed by atoms with Crippen LogP contribution in [0, 0.1) is 17.7 Å². The molecule has 0 aliphatic carbocycles. The number of nitrogens with zero attached hydrogens (tertiary/aromatic N) is 1. The first-order chi connectivity index (χ1) is 10.0. The van der Waals surface area contributed by atoms with Gasteiger partial charge in [0.25, 0.3) is 0 Å². The molecule has 0 bridgehead atoms. The van der Waals surface area contributed by atoms with Crippen molar-refractivity contribution in [2.24, 2.45) is 17.6 Å². The van der Waals surface area contributed by atoms with Crippen molar-refractivity contribution in [1.82, 2.24) is 0 Å². The molecule has 3 heteroatoms. The van der Waals surface area contributed by atoms with Crippen LogP contribution in [0.2, 0.25) is 0 Å². The summed E-state index contributed by atoms with van der Waals surface area (Å²) in [5.41, 5.74) is 7.93. The van der Waals surface area contributed by atoms with Gasteiger partial charge in [0.2, 0.25) is 0 Å². The minimum absolute atomic E-state index is 0.0983. The SMILES string of the molecule is CCC(N)Cc1cccc(F)c1N1CCC(C(C)C)CC1. The number of piperidine rings is 1. The Morgan fingerprint density at radius 3 is 2.52 bits per heavy atom. The summed E-state index contributed by atoms with van der Waals surface area (Å²) in [7, 11) is 0. The summed E-state index contributed by atoms with van der Waals surface area (Å²) >= 11 is 0. The van der Waals surface area contributed by atoms with Crippen LogP contribution < -0.4 is 10.6 Å². The van der Waals surface area contributed by atoms with Gasteiger partial charge in [-0.15, -0.1) is 0 Å². The molecular formula is C18H29FN2. The molecule has 1 aliphatic rings. The molecule has 0 saturated carbocycles. The van der Waals surface area contributed by atoms with Crippen molar-refractivity contribution in [2.75, 3.05) is 18.0 Å². The van der Waals surface area contributed by atoms with E-state index < -0.39 is 0 Å². The van der Waals surface area contributed by atoms with Gasteiger partial charge in [0.1, 0.15) is 5.82 Å². The summed E-state index contributed by atoms with van der Waals surface area (Å²) in [4.78, 5) is 2.23. The lowest BCUT2D eigenvalue weighted by atomic mass is 9.86. The maximum absolute atomic E-state index is 14.4. The third-order valence-electron chi connectivity index (χ3n) is 4.88. The second-order valence-electron chi connectivity index (χ2n) is 6.69. The molecule has 1 heterocycles. The molecule has 1 fully saturated rings. The molecule has 2 rings (SSSR count). The van der Waals surface area contributed by atoms with Crippen LogP contribution in [0.25, 0.3) is 0 Å². The molecule has 1 saturated heterocycles. The van der Waals surface area contributed by atoms with Crippen LogP contribution in [0.3, 0.4) is 0 Å². The molecule has 1 unspecified atom stereocenters. The Balaban J connectivity index is 2.15. The lowest BCUT2D eigenvalue weighted by Gasteiger charge is -2.36. The maximum Gasteiger partial charge on any atom is 0.146 e. The Morgan fingerprint density at radius 2 is 1.95 bits per heavy atom. The zero-order valence-corrected chi connectivity index (χ0v) is 13.6. The van der Waals surface area contributed by atoms with Gasteiger partial charge in [-0.05, 0) is 49.1 Å². The number of hydrogen-bond donors (Lipinski definition) is 1. The van der Waals surface area contributed by atoms with Crippen molar-refractivity contribution < 1.29 is 4.39 Å². The number of halogens is 1. The van der Waals surface area contributed by atoms with E-state index >= 15 is 0 Å². The van der Waals surface area contributed by atoms with E-state index in [0.29, 0.717) is 0 Å². The molecular weight excluding hydrogens is 263 g/mol. The highest BCUT2D eigenvalue weighted by molar-refractivity contribution is 5.55. The Kier molecular flexibility index (Phi) is 5.63. The number of benzene rings is 1. The third kappa shape index (κ3) is 3.97. The monoisotopic (exact) mass is 292 g/mol. The number of nitrogens with two attached hydrogens (primary N) is 1. The van der Waals surface area contributed by atoms with E-state index in [1.807, 2.05) is 6.07 Å². The normalized spacial score (nSPS) is 18.3. The zero-order chi connectivity index (χ0) is 15.4. The maximum atomic E-state index is 14.4. The minimum atomic E-state index is -0.0983. The fraction of sp³-hybridized carbons (Fsp3) is 0.667. The molecule has 0 spiro atoms. The first-order valence-electron chi connectivity index (χ1n) is 8.30. The molecule has 1 aliphatic heterocycles. The Morgan fingerprint density at radius 1 is 1.29 bits per heavy atom. The summed E-state index contributed by atoms with van der Waals surface area (Å²) in [6.07, 6.45) is 4.00. The van der Waals surface area contributed by atoms with Crippen molar-refractivity contribution in [2.45, 2.75) is 52.5 Å². The third-order valence-corrected chi connectivity index (χ3v) is 4.88. The van der Waals surface area contributed by atoms with Gasteiger partial charge < -0.3 is 10.6 Å². The molecule has 0 aromatic heterocycles. The van der Waals surface area contributed by atoms with Crippen molar-refractivity contribution >= 4 is 5.69 Å². The fourth-order valence-corrected chi connectivity index (χ4v) is 3.30. The van der Waals surface area contributed by atoms with Gasteiger partial charge in [-0.2, -0.15) is 0 Å². The molecule has 118 valence electrons. The highest BCUT2D eigenvalue weighted by Gasteiger charge is 2.25. The number of para-hydroxylation sites is 1. The molecule has 2 nitrogen and oxygen atoms in total. The molecule has 1 aromatic rings. The second kappa shape index (κ2) is 7.26. The smallest absolute Gasteiger partial charge is 0.146 e. The molecule has 21 heavy (non-hydrogen) atoms. The average molecular weight is 292 g/mol. The van der Waals surface area contributed by atoms with Crippen LogP contribution in [0.4, 0.5) is 10.1 Å². The Bertz CT molecular complexity index is 451. The average Bonchev–Trinajstić information content (AvgIpc) is 2.47. The molecule has 1 atom stereocenters. The van der Waals surface area contributed by atoms with Crippen LogP contribution in [-0.4, -0.2) is 19.1 Å². The first kappa shape index (κ1) is 16.3. The predicted octanol–water partition coefficient (Wildman–Crippen LogP) is 3.98. The van der Waals surface area contributed by atoms with E-state index in [1.165, 1.54) is 0 Å². The van der Waals surface area contributed by atoms with Crippen LogP contribution in [0.1, 0.15) is 45.6 Å². The summed E-state index contributed by atoms with van der Waals surface area (Å²) < 4.78 is 14.4. The quantitative estimate of drug-likeness (QED) is 0.889. The largest absolute Gasteiger partial charge is 0.369 e. The topological polar surface area (TPSA) is 29.3 Å². The van der Waals surface area contributed by atoms with Crippen LogP contribution >= 0.6 is 0 Å². The van der Waals surface area contributed by atoms with Crippen molar-refractivity contribution in [3.8, 4) is 0 Å². The van der Waals surface area contributed by atoms with Crippen LogP contribution in [0.15, 0.2) is 18.2 Å². The molecule has 1 aromatic carbocycles. The van der Waals surface area contributed by atoms with Gasteiger partial charge >= 0.3 is 0 Å². The highest BCUT2D eigenvalue weighted by Crippen LogP contribution is 2.32. The lowest BCUT2D eigenvalue weighted by molar-refractivity contribution is 0.310. The van der Waals surface area contributed by atoms with E-state index in [9.17, 15) is 4.39 Å². The van der Waals surface area contributed by atoms with Crippen molar-refractivity contribution in [3.63, 3.8) is 0 Å². The number of anilines is 1. The summed E-state index contributed by atoms with van der Waals surface area (Å²) in [5, 5.41) is 0. The van der Waals surface area contributed by atoms with Crippen LogP contribution in [0.5, 0.6) is 0 Å². The Hall–Kier alpha value is -1.09. The number of hydrogen-bond acceptors (Lipinski definition) is 2. The molecule has 2 N–H and O–H groups in total. The van der Waals surface area contributed by atoms with E-state index in [-0.39, 0.29) is 11.9 Å². The van der Waals surface area contributed by atoms with E-state index in [0.717, 1.165) is 61.9 Å². The summed E-state index contributed by atoms with van der Waals surface area (Å²) in [5.74, 6) is 1.40. The highest BCUT2D eigenvalue weighted by atomic mass is 19.1.